The van der Waals surface area contributed by atoms with Crippen molar-refractivity contribution >= 4 is 11.6 Å². The quantitative estimate of drug-likeness (QED) is 0.826. The van der Waals surface area contributed by atoms with E-state index in [2.05, 4.69) is 0 Å². The molecule has 0 aliphatic carbocycles. The van der Waals surface area contributed by atoms with Gasteiger partial charge in [0.2, 0.25) is 0 Å². The molecule has 0 saturated heterocycles. The molecule has 0 fully saturated rings. The molecule has 2 aromatic carbocycles. The van der Waals surface area contributed by atoms with Gasteiger partial charge >= 0.3 is 0 Å². The first-order valence-electron chi connectivity index (χ1n) is 5.56. The van der Waals surface area contributed by atoms with Gasteiger partial charge in [-0.05, 0) is 25.1 Å². The first kappa shape index (κ1) is 13.9. The molecule has 0 radical (unpaired) electrons. The van der Waals surface area contributed by atoms with Crippen LogP contribution in [0.1, 0.15) is 22.7 Å². The maximum Gasteiger partial charge on any atom is 0.142 e. The van der Waals surface area contributed by atoms with Crippen molar-refractivity contribution in [1.29, 1.82) is 0 Å². The number of aryl methyl sites for hydroxylation is 1. The van der Waals surface area contributed by atoms with Crippen molar-refractivity contribution in [2.24, 2.45) is 5.73 Å². The standard InChI is InChI=1S/C14H11ClF3N/c1-7-2-3-11(16)8(4-7)14(19)9-5-13(18)10(15)6-12(9)17/h2-6,14H,19H2,1H3. The first-order chi connectivity index (χ1) is 8.90. The second-order valence-corrected chi connectivity index (χ2v) is 4.70. The molecule has 0 aliphatic rings. The zero-order chi connectivity index (χ0) is 14.2. The summed E-state index contributed by atoms with van der Waals surface area (Å²) in [6, 6.07) is 4.96. The molecule has 0 bridgehead atoms. The van der Waals surface area contributed by atoms with E-state index in [9.17, 15) is 13.2 Å². The molecule has 0 spiro atoms. The Kier molecular flexibility index (Phi) is 3.83. The van der Waals surface area contributed by atoms with Crippen molar-refractivity contribution in [2.75, 3.05) is 0 Å². The van der Waals surface area contributed by atoms with Crippen LogP contribution in [0.25, 0.3) is 0 Å². The number of nitrogens with two attached hydrogens (primary N) is 1. The number of hydrogen-bond acceptors (Lipinski definition) is 1. The van der Waals surface area contributed by atoms with Crippen molar-refractivity contribution in [3.63, 3.8) is 0 Å². The molecule has 2 N–H and O–H groups in total. The van der Waals surface area contributed by atoms with Crippen molar-refractivity contribution in [1.82, 2.24) is 0 Å². The SMILES string of the molecule is Cc1ccc(F)c(C(N)c2cc(F)c(Cl)cc2F)c1. The third-order valence-electron chi connectivity index (χ3n) is 2.86. The van der Waals surface area contributed by atoms with E-state index in [0.717, 1.165) is 17.7 Å². The van der Waals surface area contributed by atoms with Crippen LogP contribution in [0.5, 0.6) is 0 Å². The van der Waals surface area contributed by atoms with E-state index in [0.29, 0.717) is 0 Å². The molecule has 1 unspecified atom stereocenters. The Morgan fingerprint density at radius 1 is 0.947 bits per heavy atom. The first-order valence-corrected chi connectivity index (χ1v) is 5.94. The highest BCUT2D eigenvalue weighted by Gasteiger charge is 2.19. The van der Waals surface area contributed by atoms with Gasteiger partial charge in [-0.25, -0.2) is 13.2 Å². The zero-order valence-electron chi connectivity index (χ0n) is 10.1. The Morgan fingerprint density at radius 3 is 2.26 bits per heavy atom. The van der Waals surface area contributed by atoms with Crippen molar-refractivity contribution < 1.29 is 13.2 Å². The highest BCUT2D eigenvalue weighted by Crippen LogP contribution is 2.28. The Balaban J connectivity index is 2.52. The van der Waals surface area contributed by atoms with E-state index in [1.807, 2.05) is 0 Å². The number of halogens is 4. The summed E-state index contributed by atoms with van der Waals surface area (Å²) in [5.74, 6) is -2.12. The lowest BCUT2D eigenvalue weighted by atomic mass is 9.97. The van der Waals surface area contributed by atoms with Gasteiger partial charge in [-0.2, -0.15) is 0 Å². The third kappa shape index (κ3) is 2.74. The van der Waals surface area contributed by atoms with Gasteiger partial charge in [-0.1, -0.05) is 29.3 Å². The van der Waals surface area contributed by atoms with Gasteiger partial charge in [0.1, 0.15) is 17.5 Å². The third-order valence-corrected chi connectivity index (χ3v) is 3.15. The van der Waals surface area contributed by atoms with E-state index >= 15 is 0 Å². The summed E-state index contributed by atoms with van der Waals surface area (Å²) in [5, 5.41) is -0.335. The monoisotopic (exact) mass is 285 g/mol. The lowest BCUT2D eigenvalue weighted by molar-refractivity contribution is 0.562. The minimum Gasteiger partial charge on any atom is -0.320 e. The minimum atomic E-state index is -1.09. The maximum atomic E-state index is 13.7. The average molecular weight is 286 g/mol. The summed E-state index contributed by atoms with van der Waals surface area (Å²) in [4.78, 5) is 0. The molecule has 100 valence electrons. The van der Waals surface area contributed by atoms with E-state index in [4.69, 9.17) is 17.3 Å². The van der Waals surface area contributed by atoms with Crippen LogP contribution in [0.3, 0.4) is 0 Å². The molecule has 0 saturated carbocycles. The summed E-state index contributed by atoms with van der Waals surface area (Å²) in [6.45, 7) is 1.76. The highest BCUT2D eigenvalue weighted by atomic mass is 35.5. The summed E-state index contributed by atoms with van der Waals surface area (Å²) < 4.78 is 40.8. The van der Waals surface area contributed by atoms with Crippen LogP contribution in [0.4, 0.5) is 13.2 Å². The van der Waals surface area contributed by atoms with Crippen LogP contribution in [-0.4, -0.2) is 0 Å². The molecule has 0 aromatic heterocycles. The minimum absolute atomic E-state index is 0.112. The molecule has 0 amide bonds. The molecule has 1 atom stereocenters. The Labute approximate surface area is 113 Å². The number of hydrogen-bond donors (Lipinski definition) is 1. The lowest BCUT2D eigenvalue weighted by Gasteiger charge is -2.15. The Hall–Kier alpha value is -1.52. The molecule has 2 aromatic rings. The van der Waals surface area contributed by atoms with E-state index in [-0.39, 0.29) is 16.1 Å². The van der Waals surface area contributed by atoms with Crippen LogP contribution < -0.4 is 5.73 Å². The lowest BCUT2D eigenvalue weighted by Crippen LogP contribution is -2.16. The van der Waals surface area contributed by atoms with Crippen LogP contribution in [0.15, 0.2) is 30.3 Å². The molecule has 0 heterocycles. The zero-order valence-corrected chi connectivity index (χ0v) is 10.8. The van der Waals surface area contributed by atoms with E-state index < -0.39 is 23.5 Å². The Bertz CT molecular complexity index is 628. The van der Waals surface area contributed by atoms with Gasteiger partial charge in [-0.3, -0.25) is 0 Å². The smallest absolute Gasteiger partial charge is 0.142 e. The number of rotatable bonds is 2. The normalized spacial score (nSPS) is 12.5. The van der Waals surface area contributed by atoms with Gasteiger partial charge in [0, 0.05) is 11.1 Å². The second-order valence-electron chi connectivity index (χ2n) is 4.29. The van der Waals surface area contributed by atoms with Crippen LogP contribution in [-0.2, 0) is 0 Å². The summed E-state index contributed by atoms with van der Waals surface area (Å²) >= 11 is 5.46. The van der Waals surface area contributed by atoms with Gasteiger partial charge < -0.3 is 5.73 Å². The van der Waals surface area contributed by atoms with Gasteiger partial charge in [0.25, 0.3) is 0 Å². The summed E-state index contributed by atoms with van der Waals surface area (Å²) in [7, 11) is 0. The Morgan fingerprint density at radius 2 is 1.58 bits per heavy atom. The molecule has 0 aliphatic heterocycles. The fourth-order valence-corrected chi connectivity index (χ4v) is 2.00. The predicted octanol–water partition coefficient (Wildman–Crippen LogP) is 4.11. The maximum absolute atomic E-state index is 13.7. The second kappa shape index (κ2) is 5.23. The van der Waals surface area contributed by atoms with Gasteiger partial charge in [-0.15, -0.1) is 0 Å². The van der Waals surface area contributed by atoms with Crippen molar-refractivity contribution in [2.45, 2.75) is 13.0 Å². The van der Waals surface area contributed by atoms with Crippen LogP contribution in [0, 0.1) is 24.4 Å². The average Bonchev–Trinajstić information content (AvgIpc) is 2.36. The fraction of sp³-hybridized carbons (Fsp3) is 0.143. The summed E-state index contributed by atoms with van der Waals surface area (Å²) in [6.07, 6.45) is 0. The highest BCUT2D eigenvalue weighted by molar-refractivity contribution is 6.30. The molecular formula is C14H11ClF3N. The largest absolute Gasteiger partial charge is 0.320 e. The fourth-order valence-electron chi connectivity index (χ4n) is 1.85. The van der Waals surface area contributed by atoms with Crippen molar-refractivity contribution in [3.8, 4) is 0 Å². The van der Waals surface area contributed by atoms with E-state index in [1.54, 1.807) is 13.0 Å². The summed E-state index contributed by atoms with van der Waals surface area (Å²) in [5.41, 5.74) is 6.57. The molecule has 19 heavy (non-hydrogen) atoms. The molecule has 2 rings (SSSR count). The molecular weight excluding hydrogens is 275 g/mol. The molecule has 1 nitrogen and oxygen atoms in total. The van der Waals surface area contributed by atoms with Crippen molar-refractivity contribution in [3.05, 3.63) is 69.5 Å². The van der Waals surface area contributed by atoms with Crippen LogP contribution >= 0.6 is 11.6 Å². The topological polar surface area (TPSA) is 26.0 Å². The van der Waals surface area contributed by atoms with Crippen LogP contribution in [0.2, 0.25) is 5.02 Å². The van der Waals surface area contributed by atoms with E-state index in [1.165, 1.54) is 12.1 Å². The van der Waals surface area contributed by atoms with Gasteiger partial charge in [0.05, 0.1) is 11.1 Å². The number of benzene rings is 2. The van der Waals surface area contributed by atoms with Gasteiger partial charge in [0.15, 0.2) is 0 Å². The predicted molar refractivity (Wildman–Crippen MR) is 68.5 cm³/mol. The molecule has 5 heteroatoms.